The first-order valence-electron chi connectivity index (χ1n) is 8.28. The van der Waals surface area contributed by atoms with E-state index in [2.05, 4.69) is 11.9 Å². The zero-order valence-electron chi connectivity index (χ0n) is 14.9. The fourth-order valence-electron chi connectivity index (χ4n) is 2.17. The summed E-state index contributed by atoms with van der Waals surface area (Å²) in [4.78, 5) is 30.7. The molecule has 1 heterocycles. The van der Waals surface area contributed by atoms with E-state index < -0.39 is 11.9 Å². The van der Waals surface area contributed by atoms with Gasteiger partial charge in [0.15, 0.2) is 10.7 Å². The van der Waals surface area contributed by atoms with Gasteiger partial charge in [0.25, 0.3) is 0 Å². The SMILES string of the molecule is CCOC(=O)C(=CN(C1=NCC(C)S1)c1ccc(Cl)cc1)C(=O)OCC. The highest BCUT2D eigenvalue weighted by atomic mass is 35.5. The number of carbonyl (C=O) groups excluding carboxylic acids is 2. The molecule has 0 aliphatic carbocycles. The van der Waals surface area contributed by atoms with Gasteiger partial charge in [-0.3, -0.25) is 9.89 Å². The van der Waals surface area contributed by atoms with Crippen LogP contribution in [0.1, 0.15) is 20.8 Å². The summed E-state index contributed by atoms with van der Waals surface area (Å²) in [5.41, 5.74) is 0.535. The quantitative estimate of drug-likeness (QED) is 0.316. The molecule has 1 unspecified atom stereocenters. The minimum absolute atomic E-state index is 0.156. The molecule has 1 aromatic carbocycles. The van der Waals surface area contributed by atoms with Crippen molar-refractivity contribution in [1.82, 2.24) is 0 Å². The summed E-state index contributed by atoms with van der Waals surface area (Å²) < 4.78 is 10.0. The zero-order chi connectivity index (χ0) is 19.1. The number of esters is 2. The predicted octanol–water partition coefficient (Wildman–Crippen LogP) is 3.65. The van der Waals surface area contributed by atoms with Crippen LogP contribution >= 0.6 is 23.4 Å². The van der Waals surface area contributed by atoms with Gasteiger partial charge in [-0.2, -0.15) is 0 Å². The third kappa shape index (κ3) is 5.25. The molecule has 6 nitrogen and oxygen atoms in total. The van der Waals surface area contributed by atoms with Gasteiger partial charge in [0, 0.05) is 22.2 Å². The number of amidine groups is 1. The summed E-state index contributed by atoms with van der Waals surface area (Å²) in [5, 5.41) is 1.58. The highest BCUT2D eigenvalue weighted by Gasteiger charge is 2.27. The third-order valence-corrected chi connectivity index (χ3v) is 4.69. The molecule has 0 fully saturated rings. The lowest BCUT2D eigenvalue weighted by molar-refractivity contribution is -0.146. The van der Waals surface area contributed by atoms with Crippen LogP contribution in [-0.2, 0) is 19.1 Å². The molecule has 8 heteroatoms. The summed E-state index contributed by atoms with van der Waals surface area (Å²) in [5.74, 6) is -1.47. The summed E-state index contributed by atoms with van der Waals surface area (Å²) >= 11 is 7.53. The maximum Gasteiger partial charge on any atom is 0.347 e. The van der Waals surface area contributed by atoms with Crippen LogP contribution in [0.25, 0.3) is 0 Å². The highest BCUT2D eigenvalue weighted by molar-refractivity contribution is 8.15. The van der Waals surface area contributed by atoms with Crippen LogP contribution in [0.5, 0.6) is 0 Å². The van der Waals surface area contributed by atoms with Gasteiger partial charge in [0.05, 0.1) is 19.8 Å². The second kappa shape index (κ2) is 9.64. The van der Waals surface area contributed by atoms with Crippen LogP contribution in [0.2, 0.25) is 5.02 Å². The lowest BCUT2D eigenvalue weighted by Crippen LogP contribution is -2.27. The Hall–Kier alpha value is -1.99. The summed E-state index contributed by atoms with van der Waals surface area (Å²) in [6, 6.07) is 7.04. The first kappa shape index (κ1) is 20.3. The number of ether oxygens (including phenoxy) is 2. The molecule has 0 N–H and O–H groups in total. The number of hydrogen-bond donors (Lipinski definition) is 0. The van der Waals surface area contributed by atoms with Gasteiger partial charge in [-0.05, 0) is 38.1 Å². The third-order valence-electron chi connectivity index (χ3n) is 3.35. The molecule has 0 spiro atoms. The Labute approximate surface area is 162 Å². The van der Waals surface area contributed by atoms with Crippen molar-refractivity contribution in [2.24, 2.45) is 4.99 Å². The Morgan fingerprint density at radius 1 is 1.23 bits per heavy atom. The van der Waals surface area contributed by atoms with Crippen LogP contribution < -0.4 is 4.90 Å². The maximum atomic E-state index is 12.3. The Balaban J connectivity index is 2.46. The number of aliphatic imine (C=N–C) groups is 1. The van der Waals surface area contributed by atoms with Crippen LogP contribution in [0.4, 0.5) is 5.69 Å². The van der Waals surface area contributed by atoms with E-state index in [4.69, 9.17) is 21.1 Å². The van der Waals surface area contributed by atoms with E-state index in [0.717, 1.165) is 5.69 Å². The standard InChI is InChI=1S/C18H21ClN2O4S/c1-4-24-16(22)15(17(23)25-5-2)11-21(18-20-10-12(3)26-18)14-8-6-13(19)7-9-14/h6-9,11-12H,4-5,10H2,1-3H3. The van der Waals surface area contributed by atoms with Crippen LogP contribution in [0.3, 0.4) is 0 Å². The number of halogens is 1. The number of rotatable bonds is 6. The molecule has 1 aliphatic heterocycles. The van der Waals surface area contributed by atoms with Crippen molar-refractivity contribution >= 4 is 46.2 Å². The molecule has 0 radical (unpaired) electrons. The summed E-state index contributed by atoms with van der Waals surface area (Å²) in [7, 11) is 0. The van der Waals surface area contributed by atoms with Crippen molar-refractivity contribution in [2.45, 2.75) is 26.0 Å². The molecule has 1 atom stereocenters. The molecule has 0 aromatic heterocycles. The van der Waals surface area contributed by atoms with Gasteiger partial charge < -0.3 is 9.47 Å². The molecular formula is C18H21ClN2O4S. The van der Waals surface area contributed by atoms with Gasteiger partial charge in [0.1, 0.15) is 0 Å². The van der Waals surface area contributed by atoms with E-state index in [-0.39, 0.29) is 18.8 Å². The van der Waals surface area contributed by atoms with Crippen molar-refractivity contribution in [3.05, 3.63) is 41.1 Å². The topological polar surface area (TPSA) is 68.2 Å². The van der Waals surface area contributed by atoms with E-state index >= 15 is 0 Å². The summed E-state index contributed by atoms with van der Waals surface area (Å²) in [6.07, 6.45) is 1.42. The molecule has 0 saturated heterocycles. The fourth-order valence-corrected chi connectivity index (χ4v) is 3.23. The molecule has 140 valence electrons. The van der Waals surface area contributed by atoms with E-state index in [1.54, 1.807) is 54.8 Å². The van der Waals surface area contributed by atoms with E-state index in [1.807, 2.05) is 0 Å². The lowest BCUT2D eigenvalue weighted by atomic mass is 10.2. The monoisotopic (exact) mass is 396 g/mol. The molecule has 1 aromatic rings. The van der Waals surface area contributed by atoms with Gasteiger partial charge in [0.2, 0.25) is 0 Å². The first-order chi connectivity index (χ1) is 12.5. The van der Waals surface area contributed by atoms with Crippen molar-refractivity contribution < 1.29 is 19.1 Å². The predicted molar refractivity (Wildman–Crippen MR) is 105 cm³/mol. The van der Waals surface area contributed by atoms with Crippen molar-refractivity contribution in [1.29, 1.82) is 0 Å². The average molecular weight is 397 g/mol. The number of benzene rings is 1. The Morgan fingerprint density at radius 3 is 2.27 bits per heavy atom. The Bertz CT molecular complexity index is 698. The second-order valence-electron chi connectivity index (χ2n) is 5.38. The number of carbonyl (C=O) groups is 2. The smallest absolute Gasteiger partial charge is 0.347 e. The van der Waals surface area contributed by atoms with Gasteiger partial charge in [-0.15, -0.1) is 0 Å². The minimum Gasteiger partial charge on any atom is -0.462 e. The Morgan fingerprint density at radius 2 is 1.81 bits per heavy atom. The molecule has 0 amide bonds. The highest BCUT2D eigenvalue weighted by Crippen LogP contribution is 2.29. The number of anilines is 1. The zero-order valence-corrected chi connectivity index (χ0v) is 16.5. The largest absolute Gasteiger partial charge is 0.462 e. The van der Waals surface area contributed by atoms with Gasteiger partial charge in [-0.25, -0.2) is 9.59 Å². The van der Waals surface area contributed by atoms with Crippen molar-refractivity contribution in [3.8, 4) is 0 Å². The van der Waals surface area contributed by atoms with E-state index in [0.29, 0.717) is 22.0 Å². The molecule has 0 saturated carbocycles. The lowest BCUT2D eigenvalue weighted by Gasteiger charge is -2.21. The number of hydrogen-bond acceptors (Lipinski definition) is 7. The normalized spacial score (nSPS) is 15.8. The maximum absolute atomic E-state index is 12.3. The summed E-state index contributed by atoms with van der Waals surface area (Å²) in [6.45, 7) is 6.38. The molecular weight excluding hydrogens is 376 g/mol. The van der Waals surface area contributed by atoms with Crippen LogP contribution in [-0.4, -0.2) is 42.1 Å². The van der Waals surface area contributed by atoms with Crippen molar-refractivity contribution in [2.75, 3.05) is 24.7 Å². The molecule has 1 aliphatic rings. The van der Waals surface area contributed by atoms with E-state index in [1.165, 1.54) is 6.20 Å². The fraction of sp³-hybridized carbons (Fsp3) is 0.389. The van der Waals surface area contributed by atoms with Crippen LogP contribution in [0.15, 0.2) is 41.0 Å². The van der Waals surface area contributed by atoms with Gasteiger partial charge >= 0.3 is 11.9 Å². The van der Waals surface area contributed by atoms with Crippen LogP contribution in [0, 0.1) is 0 Å². The van der Waals surface area contributed by atoms with Crippen molar-refractivity contribution in [3.63, 3.8) is 0 Å². The molecule has 2 rings (SSSR count). The minimum atomic E-state index is -0.735. The van der Waals surface area contributed by atoms with Gasteiger partial charge in [-0.1, -0.05) is 30.3 Å². The molecule has 26 heavy (non-hydrogen) atoms. The average Bonchev–Trinajstić information content (AvgIpc) is 3.03. The molecule has 0 bridgehead atoms. The second-order valence-corrected chi connectivity index (χ2v) is 7.22. The number of thioether (sulfide) groups is 1. The van der Waals surface area contributed by atoms with E-state index in [9.17, 15) is 9.59 Å². The Kier molecular flexibility index (Phi) is 7.53. The number of nitrogens with zero attached hydrogens (tertiary/aromatic N) is 2. The first-order valence-corrected chi connectivity index (χ1v) is 9.54.